The predicted octanol–water partition coefficient (Wildman–Crippen LogP) is 4.84. The molecule has 0 spiro atoms. The van der Waals surface area contributed by atoms with E-state index in [9.17, 15) is 0 Å². The molecule has 0 N–H and O–H groups in total. The molecule has 0 bridgehead atoms. The highest BCUT2D eigenvalue weighted by Crippen LogP contribution is 2.09. The summed E-state index contributed by atoms with van der Waals surface area (Å²) in [4.78, 5) is 2.56. The van der Waals surface area contributed by atoms with Gasteiger partial charge in [-0.25, -0.2) is 0 Å². The van der Waals surface area contributed by atoms with E-state index < -0.39 is 0 Å². The molecule has 0 aliphatic carbocycles. The number of nitrogens with zero attached hydrogens (tertiary/aromatic N) is 1. The second kappa shape index (κ2) is 11.9. The van der Waals surface area contributed by atoms with Crippen molar-refractivity contribution in [3.05, 3.63) is 0 Å². The van der Waals surface area contributed by atoms with Crippen molar-refractivity contribution in [2.45, 2.75) is 71.8 Å². The summed E-state index contributed by atoms with van der Waals surface area (Å²) in [6, 6.07) is 0.712. The van der Waals surface area contributed by atoms with E-state index in [1.165, 1.54) is 63.4 Å². The standard InChI is InChI=1S/C14H30BrN/c1-4-16(14(2)3)13-11-9-7-5-6-8-10-12-15/h14H,4-13H2,1-3H3. The SMILES string of the molecule is CCN(CCCCCCCCCBr)C(C)C. The lowest BCUT2D eigenvalue weighted by Crippen LogP contribution is -2.31. The van der Waals surface area contributed by atoms with Crippen LogP contribution < -0.4 is 0 Å². The monoisotopic (exact) mass is 291 g/mol. The Morgan fingerprint density at radius 3 is 1.81 bits per heavy atom. The van der Waals surface area contributed by atoms with Gasteiger partial charge in [-0.2, -0.15) is 0 Å². The average molecular weight is 292 g/mol. The average Bonchev–Trinajstić information content (AvgIpc) is 2.26. The lowest BCUT2D eigenvalue weighted by Gasteiger charge is -2.24. The van der Waals surface area contributed by atoms with E-state index in [1.807, 2.05) is 0 Å². The van der Waals surface area contributed by atoms with Gasteiger partial charge in [-0.1, -0.05) is 55.0 Å². The maximum Gasteiger partial charge on any atom is 0.00384 e. The fraction of sp³-hybridized carbons (Fsp3) is 1.00. The fourth-order valence-electron chi connectivity index (χ4n) is 2.07. The molecule has 0 heterocycles. The highest BCUT2D eigenvalue weighted by Gasteiger charge is 2.05. The molecule has 0 aliphatic rings. The molecule has 0 aliphatic heterocycles. The quantitative estimate of drug-likeness (QED) is 0.389. The van der Waals surface area contributed by atoms with Crippen molar-refractivity contribution in [3.63, 3.8) is 0 Å². The van der Waals surface area contributed by atoms with E-state index in [1.54, 1.807) is 0 Å². The summed E-state index contributed by atoms with van der Waals surface area (Å²) in [5.74, 6) is 0. The first kappa shape index (κ1) is 16.4. The molecule has 98 valence electrons. The lowest BCUT2D eigenvalue weighted by atomic mass is 10.1. The van der Waals surface area contributed by atoms with Crippen LogP contribution in [0.2, 0.25) is 0 Å². The first-order chi connectivity index (χ1) is 7.72. The topological polar surface area (TPSA) is 3.24 Å². The third kappa shape index (κ3) is 9.65. The van der Waals surface area contributed by atoms with E-state index in [0.29, 0.717) is 6.04 Å². The van der Waals surface area contributed by atoms with Gasteiger partial charge in [-0.05, 0) is 39.8 Å². The number of hydrogen-bond acceptors (Lipinski definition) is 1. The number of hydrogen-bond donors (Lipinski definition) is 0. The molecule has 0 unspecified atom stereocenters. The van der Waals surface area contributed by atoms with Crippen molar-refractivity contribution in [1.29, 1.82) is 0 Å². The van der Waals surface area contributed by atoms with Gasteiger partial charge in [0.1, 0.15) is 0 Å². The van der Waals surface area contributed by atoms with E-state index in [2.05, 4.69) is 41.6 Å². The molecule has 16 heavy (non-hydrogen) atoms. The summed E-state index contributed by atoms with van der Waals surface area (Å²) in [5, 5.41) is 1.17. The van der Waals surface area contributed by atoms with E-state index in [-0.39, 0.29) is 0 Å². The summed E-state index contributed by atoms with van der Waals surface area (Å²) in [6.45, 7) is 9.34. The van der Waals surface area contributed by atoms with Crippen LogP contribution >= 0.6 is 15.9 Å². The maximum atomic E-state index is 3.48. The normalized spacial score (nSPS) is 11.6. The van der Waals surface area contributed by atoms with Gasteiger partial charge in [-0.15, -0.1) is 0 Å². The van der Waals surface area contributed by atoms with Crippen molar-refractivity contribution < 1.29 is 0 Å². The largest absolute Gasteiger partial charge is 0.301 e. The zero-order valence-electron chi connectivity index (χ0n) is 11.5. The Bertz CT molecular complexity index is 137. The minimum absolute atomic E-state index is 0.712. The zero-order chi connectivity index (χ0) is 12.2. The maximum absolute atomic E-state index is 3.48. The Labute approximate surface area is 111 Å². The van der Waals surface area contributed by atoms with Crippen LogP contribution in [0.5, 0.6) is 0 Å². The second-order valence-electron chi connectivity index (χ2n) is 4.89. The van der Waals surface area contributed by atoms with Gasteiger partial charge in [0, 0.05) is 11.4 Å². The van der Waals surface area contributed by atoms with Crippen LogP contribution in [0.4, 0.5) is 0 Å². The van der Waals surface area contributed by atoms with Gasteiger partial charge in [-0.3, -0.25) is 0 Å². The van der Waals surface area contributed by atoms with Crippen molar-refractivity contribution in [2.75, 3.05) is 18.4 Å². The molecule has 0 aromatic rings. The smallest absolute Gasteiger partial charge is 0.00384 e. The molecule has 0 saturated heterocycles. The Hall–Kier alpha value is 0.440. The van der Waals surface area contributed by atoms with Crippen LogP contribution in [0.3, 0.4) is 0 Å². The van der Waals surface area contributed by atoms with Crippen LogP contribution in [0.1, 0.15) is 65.7 Å². The summed E-state index contributed by atoms with van der Waals surface area (Å²) in [6.07, 6.45) is 9.82. The molecule has 1 nitrogen and oxygen atoms in total. The lowest BCUT2D eigenvalue weighted by molar-refractivity contribution is 0.228. The van der Waals surface area contributed by atoms with Crippen molar-refractivity contribution in [2.24, 2.45) is 0 Å². The highest BCUT2D eigenvalue weighted by molar-refractivity contribution is 9.09. The number of unbranched alkanes of at least 4 members (excludes halogenated alkanes) is 6. The Balaban J connectivity index is 3.19. The molecule has 2 heteroatoms. The number of alkyl halides is 1. The van der Waals surface area contributed by atoms with Gasteiger partial charge in [0.15, 0.2) is 0 Å². The summed E-state index contributed by atoms with van der Waals surface area (Å²) >= 11 is 3.48. The molecular weight excluding hydrogens is 262 g/mol. The predicted molar refractivity (Wildman–Crippen MR) is 78.5 cm³/mol. The van der Waals surface area contributed by atoms with Gasteiger partial charge in [0.25, 0.3) is 0 Å². The Morgan fingerprint density at radius 1 is 0.875 bits per heavy atom. The van der Waals surface area contributed by atoms with Crippen molar-refractivity contribution in [3.8, 4) is 0 Å². The first-order valence-corrected chi connectivity index (χ1v) is 8.14. The van der Waals surface area contributed by atoms with Crippen molar-refractivity contribution in [1.82, 2.24) is 4.90 Å². The number of rotatable bonds is 11. The minimum atomic E-state index is 0.712. The van der Waals surface area contributed by atoms with E-state index in [0.717, 1.165) is 0 Å². The summed E-state index contributed by atoms with van der Waals surface area (Å²) in [5.41, 5.74) is 0. The van der Waals surface area contributed by atoms with Crippen LogP contribution in [0.15, 0.2) is 0 Å². The Morgan fingerprint density at radius 2 is 1.38 bits per heavy atom. The highest BCUT2D eigenvalue weighted by atomic mass is 79.9. The van der Waals surface area contributed by atoms with Crippen molar-refractivity contribution >= 4 is 15.9 Å². The summed E-state index contributed by atoms with van der Waals surface area (Å²) in [7, 11) is 0. The van der Waals surface area contributed by atoms with Gasteiger partial charge in [0.05, 0.1) is 0 Å². The van der Waals surface area contributed by atoms with E-state index >= 15 is 0 Å². The first-order valence-electron chi connectivity index (χ1n) is 7.02. The van der Waals surface area contributed by atoms with E-state index in [4.69, 9.17) is 0 Å². The molecule has 0 saturated carbocycles. The van der Waals surface area contributed by atoms with Crippen LogP contribution in [-0.4, -0.2) is 29.4 Å². The molecule has 0 atom stereocenters. The molecular formula is C14H30BrN. The van der Waals surface area contributed by atoms with Crippen LogP contribution in [0.25, 0.3) is 0 Å². The van der Waals surface area contributed by atoms with Gasteiger partial charge < -0.3 is 4.90 Å². The number of halogens is 1. The third-order valence-corrected chi connectivity index (χ3v) is 3.78. The van der Waals surface area contributed by atoms with Gasteiger partial charge in [0.2, 0.25) is 0 Å². The Kier molecular flexibility index (Phi) is 12.2. The molecule has 0 fully saturated rings. The van der Waals surface area contributed by atoms with Crippen LogP contribution in [0, 0.1) is 0 Å². The van der Waals surface area contributed by atoms with Gasteiger partial charge >= 0.3 is 0 Å². The fourth-order valence-corrected chi connectivity index (χ4v) is 2.47. The molecule has 0 radical (unpaired) electrons. The molecule has 0 aromatic carbocycles. The third-order valence-electron chi connectivity index (χ3n) is 3.22. The summed E-state index contributed by atoms with van der Waals surface area (Å²) < 4.78 is 0. The second-order valence-corrected chi connectivity index (χ2v) is 5.68. The van der Waals surface area contributed by atoms with Crippen LogP contribution in [-0.2, 0) is 0 Å². The molecule has 0 aromatic heterocycles. The zero-order valence-corrected chi connectivity index (χ0v) is 13.1. The molecule has 0 rings (SSSR count). The minimum Gasteiger partial charge on any atom is -0.301 e. The molecule has 0 amide bonds.